The molecule has 1 aromatic carbocycles. The highest BCUT2D eigenvalue weighted by atomic mass is 16.6. The Bertz CT molecular complexity index is 446. The first-order valence-corrected chi connectivity index (χ1v) is 6.00. The Hall–Kier alpha value is -1.88. The highest BCUT2D eigenvalue weighted by Gasteiger charge is 2.16. The number of benzene rings is 1. The molecule has 1 rings (SSSR count). The maximum atomic E-state index is 11.4. The van der Waals surface area contributed by atoms with E-state index >= 15 is 0 Å². The van der Waals surface area contributed by atoms with Gasteiger partial charge in [-0.1, -0.05) is 0 Å². The van der Waals surface area contributed by atoms with Gasteiger partial charge < -0.3 is 15.2 Å². The molecule has 0 aliphatic rings. The number of nitrogens with two attached hydrogens (primary N) is 1. The fourth-order valence-electron chi connectivity index (χ4n) is 1.37. The maximum absolute atomic E-state index is 11.4. The predicted octanol–water partition coefficient (Wildman–Crippen LogP) is 1.55. The Morgan fingerprint density at radius 1 is 1.16 bits per heavy atom. The lowest BCUT2D eigenvalue weighted by atomic mass is 10.1. The monoisotopic (exact) mass is 265 g/mol. The number of ketones is 1. The fraction of sp³-hybridized carbons (Fsp3) is 0.429. The average Bonchev–Trinajstić information content (AvgIpc) is 2.34. The van der Waals surface area contributed by atoms with Crippen LogP contribution in [0.15, 0.2) is 24.3 Å². The molecular weight excluding hydrogens is 246 g/mol. The molecule has 2 N–H and O–H groups in total. The van der Waals surface area contributed by atoms with Crippen LogP contribution in [0.3, 0.4) is 0 Å². The molecule has 0 aromatic heterocycles. The van der Waals surface area contributed by atoms with Crippen LogP contribution in [-0.4, -0.2) is 30.5 Å². The molecule has 0 saturated carbocycles. The third kappa shape index (κ3) is 5.52. The summed E-state index contributed by atoms with van der Waals surface area (Å²) >= 11 is 0. The number of ether oxygens (including phenoxy) is 2. The number of carbonyl (C=O) groups excluding carboxylic acids is 2. The number of Topliss-reactive ketones (excluding diaryl/α,β-unsaturated/α-hetero) is 1. The maximum Gasteiger partial charge on any atom is 0.344 e. The second-order valence-corrected chi connectivity index (χ2v) is 5.03. The zero-order valence-corrected chi connectivity index (χ0v) is 11.4. The lowest BCUT2D eigenvalue weighted by Gasteiger charge is -2.19. The van der Waals surface area contributed by atoms with Crippen LogP contribution in [0, 0.1) is 0 Å². The van der Waals surface area contributed by atoms with Gasteiger partial charge in [0, 0.05) is 5.56 Å². The summed E-state index contributed by atoms with van der Waals surface area (Å²) in [4.78, 5) is 22.7. The molecule has 0 unspecified atom stereocenters. The van der Waals surface area contributed by atoms with Gasteiger partial charge in [0.15, 0.2) is 12.4 Å². The van der Waals surface area contributed by atoms with E-state index in [1.165, 1.54) is 0 Å². The Morgan fingerprint density at radius 2 is 1.74 bits per heavy atom. The number of carbonyl (C=O) groups is 2. The molecular formula is C14H19NO4. The quantitative estimate of drug-likeness (QED) is 0.645. The summed E-state index contributed by atoms with van der Waals surface area (Å²) in [6.07, 6.45) is 0. The van der Waals surface area contributed by atoms with Crippen molar-refractivity contribution in [3.63, 3.8) is 0 Å². The van der Waals surface area contributed by atoms with E-state index < -0.39 is 11.6 Å². The summed E-state index contributed by atoms with van der Waals surface area (Å²) in [5, 5.41) is 0. The van der Waals surface area contributed by atoms with E-state index in [0.717, 1.165) is 0 Å². The first-order chi connectivity index (χ1) is 8.81. The van der Waals surface area contributed by atoms with Crippen molar-refractivity contribution in [2.75, 3.05) is 13.2 Å². The zero-order chi connectivity index (χ0) is 14.5. The summed E-state index contributed by atoms with van der Waals surface area (Å²) < 4.78 is 10.4. The number of esters is 1. The standard InChI is InChI=1S/C14H19NO4/c1-14(2,3)19-13(17)9-18-11-6-4-10(5-7-11)12(16)8-15/h4-7H,8-9,15H2,1-3H3. The minimum Gasteiger partial charge on any atom is -0.482 e. The molecule has 0 fully saturated rings. The minimum atomic E-state index is -0.530. The van der Waals surface area contributed by atoms with E-state index in [2.05, 4.69) is 0 Å². The van der Waals surface area contributed by atoms with Crippen LogP contribution in [0.25, 0.3) is 0 Å². The van der Waals surface area contributed by atoms with Gasteiger partial charge >= 0.3 is 5.97 Å². The van der Waals surface area contributed by atoms with Gasteiger partial charge in [0.1, 0.15) is 11.4 Å². The molecule has 0 spiro atoms. The van der Waals surface area contributed by atoms with Crippen LogP contribution in [0.4, 0.5) is 0 Å². The molecule has 0 aliphatic heterocycles. The predicted molar refractivity (Wildman–Crippen MR) is 71.2 cm³/mol. The lowest BCUT2D eigenvalue weighted by Crippen LogP contribution is -2.27. The summed E-state index contributed by atoms with van der Waals surface area (Å²) in [6.45, 7) is 5.17. The third-order valence-corrected chi connectivity index (χ3v) is 2.14. The van der Waals surface area contributed by atoms with Gasteiger partial charge in [-0.15, -0.1) is 0 Å². The van der Waals surface area contributed by atoms with Crippen molar-refractivity contribution in [3.8, 4) is 5.75 Å². The highest BCUT2D eigenvalue weighted by molar-refractivity contribution is 5.97. The van der Waals surface area contributed by atoms with Crippen LogP contribution in [0.2, 0.25) is 0 Å². The summed E-state index contributed by atoms with van der Waals surface area (Å²) in [7, 11) is 0. The molecule has 0 saturated heterocycles. The van der Waals surface area contributed by atoms with Gasteiger partial charge in [-0.2, -0.15) is 0 Å². The normalized spacial score (nSPS) is 10.9. The van der Waals surface area contributed by atoms with Gasteiger partial charge in [0.2, 0.25) is 0 Å². The largest absolute Gasteiger partial charge is 0.482 e. The SMILES string of the molecule is CC(C)(C)OC(=O)COc1ccc(C(=O)CN)cc1. The lowest BCUT2D eigenvalue weighted by molar-refractivity contribution is -0.157. The molecule has 5 heteroatoms. The number of rotatable bonds is 5. The first-order valence-electron chi connectivity index (χ1n) is 6.00. The first kappa shape index (κ1) is 15.2. The third-order valence-electron chi connectivity index (χ3n) is 2.14. The van der Waals surface area contributed by atoms with E-state index in [1.807, 2.05) is 0 Å². The van der Waals surface area contributed by atoms with Crippen LogP contribution in [0.1, 0.15) is 31.1 Å². The van der Waals surface area contributed by atoms with Crippen LogP contribution in [-0.2, 0) is 9.53 Å². The Kier molecular flexibility index (Phi) is 5.06. The number of hydrogen-bond donors (Lipinski definition) is 1. The summed E-state index contributed by atoms with van der Waals surface area (Å²) in [5.74, 6) is -0.0762. The molecule has 0 bridgehead atoms. The van der Waals surface area contributed by atoms with E-state index in [0.29, 0.717) is 11.3 Å². The number of hydrogen-bond acceptors (Lipinski definition) is 5. The molecule has 0 amide bonds. The molecule has 1 aromatic rings. The molecule has 0 heterocycles. The van der Waals surface area contributed by atoms with Crippen LogP contribution < -0.4 is 10.5 Å². The average molecular weight is 265 g/mol. The Balaban J connectivity index is 2.50. The fourth-order valence-corrected chi connectivity index (χ4v) is 1.37. The molecule has 104 valence electrons. The van der Waals surface area contributed by atoms with Crippen molar-refractivity contribution in [1.29, 1.82) is 0 Å². The van der Waals surface area contributed by atoms with Gasteiger partial charge in [-0.25, -0.2) is 4.79 Å². The van der Waals surface area contributed by atoms with Crippen molar-refractivity contribution in [1.82, 2.24) is 0 Å². The van der Waals surface area contributed by atoms with Gasteiger partial charge in [-0.3, -0.25) is 4.79 Å². The zero-order valence-electron chi connectivity index (χ0n) is 11.4. The molecule has 0 radical (unpaired) electrons. The molecule has 0 atom stereocenters. The van der Waals surface area contributed by atoms with Crippen molar-refractivity contribution in [3.05, 3.63) is 29.8 Å². The molecule has 19 heavy (non-hydrogen) atoms. The van der Waals surface area contributed by atoms with Crippen molar-refractivity contribution in [2.45, 2.75) is 26.4 Å². The Labute approximate surface area is 112 Å². The van der Waals surface area contributed by atoms with Gasteiger partial charge in [-0.05, 0) is 45.0 Å². The van der Waals surface area contributed by atoms with E-state index in [4.69, 9.17) is 15.2 Å². The van der Waals surface area contributed by atoms with Gasteiger partial charge in [0.25, 0.3) is 0 Å². The van der Waals surface area contributed by atoms with E-state index in [1.54, 1.807) is 45.0 Å². The molecule has 5 nitrogen and oxygen atoms in total. The van der Waals surface area contributed by atoms with E-state index in [-0.39, 0.29) is 18.9 Å². The van der Waals surface area contributed by atoms with Crippen molar-refractivity contribution >= 4 is 11.8 Å². The minimum absolute atomic E-state index is 0.0297. The topological polar surface area (TPSA) is 78.6 Å². The second kappa shape index (κ2) is 6.33. The second-order valence-electron chi connectivity index (χ2n) is 5.03. The van der Waals surface area contributed by atoms with E-state index in [9.17, 15) is 9.59 Å². The van der Waals surface area contributed by atoms with Crippen LogP contribution in [0.5, 0.6) is 5.75 Å². The highest BCUT2D eigenvalue weighted by Crippen LogP contribution is 2.13. The van der Waals surface area contributed by atoms with Crippen LogP contribution >= 0.6 is 0 Å². The summed E-state index contributed by atoms with van der Waals surface area (Å²) in [5.41, 5.74) is 5.25. The van der Waals surface area contributed by atoms with Crippen molar-refractivity contribution in [2.24, 2.45) is 5.73 Å². The smallest absolute Gasteiger partial charge is 0.344 e. The summed E-state index contributed by atoms with van der Waals surface area (Å²) in [6, 6.07) is 6.46. The van der Waals surface area contributed by atoms with Gasteiger partial charge in [0.05, 0.1) is 6.54 Å². The molecule has 0 aliphatic carbocycles. The van der Waals surface area contributed by atoms with Crippen molar-refractivity contribution < 1.29 is 19.1 Å². The Morgan fingerprint density at radius 3 is 2.21 bits per heavy atom.